The molecule has 158 valence electrons. The number of amides is 1. The molecular weight excluding hydrogens is 400 g/mol. The first-order valence-corrected chi connectivity index (χ1v) is 9.97. The van der Waals surface area contributed by atoms with Crippen LogP contribution in [0.4, 0.5) is 8.78 Å². The van der Waals surface area contributed by atoms with Crippen LogP contribution in [0.5, 0.6) is 5.75 Å². The molecule has 1 atom stereocenters. The van der Waals surface area contributed by atoms with Crippen molar-refractivity contribution in [2.45, 2.75) is 26.4 Å². The van der Waals surface area contributed by atoms with Gasteiger partial charge in [-0.1, -0.05) is 18.2 Å². The lowest BCUT2D eigenvalue weighted by Crippen LogP contribution is -2.34. The van der Waals surface area contributed by atoms with Gasteiger partial charge in [0.1, 0.15) is 23.5 Å². The van der Waals surface area contributed by atoms with Crippen LogP contribution < -0.4 is 10.1 Å². The molecule has 6 heteroatoms. The maximum atomic E-state index is 14.6. The monoisotopic (exact) mass is 421 g/mol. The largest absolute Gasteiger partial charge is 0.487 e. The molecule has 1 N–H and O–H groups in total. The molecule has 31 heavy (non-hydrogen) atoms. The van der Waals surface area contributed by atoms with E-state index in [1.165, 1.54) is 43.3 Å². The molecule has 1 amide bonds. The van der Waals surface area contributed by atoms with E-state index in [1.54, 1.807) is 6.07 Å². The summed E-state index contributed by atoms with van der Waals surface area (Å²) in [4.78, 5) is 24.1. The van der Waals surface area contributed by atoms with Crippen LogP contribution in [0.2, 0.25) is 0 Å². The zero-order valence-electron chi connectivity index (χ0n) is 17.2. The number of halogens is 2. The Kier molecular flexibility index (Phi) is 5.55. The molecule has 1 heterocycles. The summed E-state index contributed by atoms with van der Waals surface area (Å²) in [6.45, 7) is 3.52. The first-order valence-electron chi connectivity index (χ1n) is 9.97. The van der Waals surface area contributed by atoms with Crippen molar-refractivity contribution in [1.29, 1.82) is 0 Å². The van der Waals surface area contributed by atoms with Crippen molar-refractivity contribution in [2.24, 2.45) is 0 Å². The van der Waals surface area contributed by atoms with Gasteiger partial charge in [-0.15, -0.1) is 0 Å². The normalized spacial score (nSPS) is 14.6. The number of carbonyl (C=O) groups is 2. The van der Waals surface area contributed by atoms with E-state index in [9.17, 15) is 18.4 Å². The maximum absolute atomic E-state index is 14.6. The van der Waals surface area contributed by atoms with Crippen molar-refractivity contribution < 1.29 is 23.1 Å². The predicted molar refractivity (Wildman–Crippen MR) is 113 cm³/mol. The summed E-state index contributed by atoms with van der Waals surface area (Å²) in [5.74, 6) is -1.17. The Morgan fingerprint density at radius 1 is 1.03 bits per heavy atom. The molecule has 0 fully saturated rings. The molecule has 4 nitrogen and oxygen atoms in total. The molecule has 1 aliphatic rings. The standard InChI is InChI=1S/C25H21F2NO3/c1-14-9-17-11-18(13-28-25(30)19-5-3-4-6-22(19)26)31-24(17)21(10-14)20-12-16(15(2)29)7-8-23(20)27/h3-10,12,18H,11,13H2,1-2H3,(H,28,30). The third-order valence-electron chi connectivity index (χ3n) is 5.31. The summed E-state index contributed by atoms with van der Waals surface area (Å²) in [5.41, 5.74) is 3.08. The molecule has 3 aromatic carbocycles. The molecule has 0 spiro atoms. The number of fused-ring (bicyclic) bond motifs is 1. The van der Waals surface area contributed by atoms with Crippen LogP contribution >= 0.6 is 0 Å². The van der Waals surface area contributed by atoms with Gasteiger partial charge in [0, 0.05) is 23.1 Å². The molecule has 1 aliphatic heterocycles. The number of hydrogen-bond acceptors (Lipinski definition) is 3. The average Bonchev–Trinajstić information content (AvgIpc) is 3.14. The van der Waals surface area contributed by atoms with E-state index >= 15 is 0 Å². The number of Topliss-reactive ketones (excluding diaryl/α,β-unsaturated/α-hetero) is 1. The summed E-state index contributed by atoms with van der Waals surface area (Å²) in [7, 11) is 0. The third-order valence-corrected chi connectivity index (χ3v) is 5.31. The van der Waals surface area contributed by atoms with Gasteiger partial charge in [0.2, 0.25) is 0 Å². The van der Waals surface area contributed by atoms with Crippen molar-refractivity contribution in [3.05, 3.63) is 88.5 Å². The smallest absolute Gasteiger partial charge is 0.254 e. The van der Waals surface area contributed by atoms with Crippen LogP contribution in [0.3, 0.4) is 0 Å². The second-order valence-corrected chi connectivity index (χ2v) is 7.69. The lowest BCUT2D eigenvalue weighted by molar-refractivity contribution is 0.0929. The maximum Gasteiger partial charge on any atom is 0.254 e. The molecular formula is C25H21F2NO3. The highest BCUT2D eigenvalue weighted by Gasteiger charge is 2.28. The fourth-order valence-electron chi connectivity index (χ4n) is 3.80. The van der Waals surface area contributed by atoms with Gasteiger partial charge in [-0.2, -0.15) is 0 Å². The fraction of sp³-hybridized carbons (Fsp3) is 0.200. The van der Waals surface area contributed by atoms with E-state index in [0.717, 1.165) is 11.1 Å². The van der Waals surface area contributed by atoms with Crippen molar-refractivity contribution in [2.75, 3.05) is 6.54 Å². The zero-order chi connectivity index (χ0) is 22.1. The number of hydrogen-bond donors (Lipinski definition) is 1. The molecule has 4 rings (SSSR count). The highest BCUT2D eigenvalue weighted by molar-refractivity contribution is 5.96. The lowest BCUT2D eigenvalue weighted by atomic mass is 9.95. The Morgan fingerprint density at radius 3 is 2.55 bits per heavy atom. The first kappa shape index (κ1) is 20.7. The minimum absolute atomic E-state index is 0.0299. The Bertz CT molecular complexity index is 1190. The molecule has 0 radical (unpaired) electrons. The van der Waals surface area contributed by atoms with Crippen LogP contribution in [0, 0.1) is 18.6 Å². The number of ketones is 1. The number of ether oxygens (including phenoxy) is 1. The van der Waals surface area contributed by atoms with Gasteiger partial charge in [-0.25, -0.2) is 8.78 Å². The third kappa shape index (κ3) is 4.19. The number of nitrogens with one attached hydrogen (secondary N) is 1. The van der Waals surface area contributed by atoms with E-state index in [0.29, 0.717) is 28.9 Å². The van der Waals surface area contributed by atoms with E-state index in [2.05, 4.69) is 5.32 Å². The first-order chi connectivity index (χ1) is 14.8. The summed E-state index contributed by atoms with van der Waals surface area (Å²) in [5, 5.41) is 2.70. The molecule has 0 saturated heterocycles. The molecule has 0 aromatic heterocycles. The van der Waals surface area contributed by atoms with Gasteiger partial charge >= 0.3 is 0 Å². The van der Waals surface area contributed by atoms with Crippen LogP contribution in [-0.2, 0) is 6.42 Å². The van der Waals surface area contributed by atoms with E-state index in [4.69, 9.17) is 4.74 Å². The topological polar surface area (TPSA) is 55.4 Å². The second-order valence-electron chi connectivity index (χ2n) is 7.69. The number of aryl methyl sites for hydroxylation is 1. The van der Waals surface area contributed by atoms with Crippen molar-refractivity contribution in [3.63, 3.8) is 0 Å². The number of rotatable bonds is 5. The summed E-state index contributed by atoms with van der Waals surface area (Å²) >= 11 is 0. The quantitative estimate of drug-likeness (QED) is 0.598. The van der Waals surface area contributed by atoms with Crippen molar-refractivity contribution in [1.82, 2.24) is 5.32 Å². The Morgan fingerprint density at radius 2 is 1.81 bits per heavy atom. The Labute approximate surface area is 178 Å². The van der Waals surface area contributed by atoms with E-state index in [-0.39, 0.29) is 24.0 Å². The van der Waals surface area contributed by atoms with Crippen molar-refractivity contribution >= 4 is 11.7 Å². The van der Waals surface area contributed by atoms with Gasteiger partial charge in [0.15, 0.2) is 5.78 Å². The minimum atomic E-state index is -0.589. The second kappa shape index (κ2) is 8.30. The minimum Gasteiger partial charge on any atom is -0.487 e. The van der Waals surface area contributed by atoms with Gasteiger partial charge in [-0.05, 0) is 61.4 Å². The highest BCUT2D eigenvalue weighted by atomic mass is 19.1. The Hall–Kier alpha value is -3.54. The summed E-state index contributed by atoms with van der Waals surface area (Å²) in [6.07, 6.45) is 0.153. The Balaban J connectivity index is 1.57. The molecule has 0 saturated carbocycles. The van der Waals surface area contributed by atoms with Crippen LogP contribution in [-0.4, -0.2) is 24.3 Å². The SMILES string of the molecule is CC(=O)c1ccc(F)c(-c2cc(C)cc3c2OC(CNC(=O)c2ccccc2F)C3)c1. The molecule has 1 unspecified atom stereocenters. The lowest BCUT2D eigenvalue weighted by Gasteiger charge is -2.15. The fourth-order valence-corrected chi connectivity index (χ4v) is 3.80. The van der Waals surface area contributed by atoms with Gasteiger partial charge in [-0.3, -0.25) is 9.59 Å². The summed E-state index contributed by atoms with van der Waals surface area (Å²) < 4.78 is 34.5. The van der Waals surface area contributed by atoms with E-state index < -0.39 is 17.5 Å². The predicted octanol–water partition coefficient (Wildman–Crippen LogP) is 4.88. The summed E-state index contributed by atoms with van der Waals surface area (Å²) in [6, 6.07) is 13.8. The van der Waals surface area contributed by atoms with Crippen LogP contribution in [0.25, 0.3) is 11.1 Å². The number of carbonyl (C=O) groups excluding carboxylic acids is 2. The highest BCUT2D eigenvalue weighted by Crippen LogP contribution is 2.41. The van der Waals surface area contributed by atoms with E-state index in [1.807, 2.05) is 19.1 Å². The van der Waals surface area contributed by atoms with Crippen LogP contribution in [0.1, 0.15) is 38.8 Å². The molecule has 0 aliphatic carbocycles. The zero-order valence-corrected chi connectivity index (χ0v) is 17.2. The average molecular weight is 421 g/mol. The molecule has 3 aromatic rings. The number of benzene rings is 3. The molecule has 0 bridgehead atoms. The van der Waals surface area contributed by atoms with Gasteiger partial charge < -0.3 is 10.1 Å². The van der Waals surface area contributed by atoms with Crippen LogP contribution in [0.15, 0.2) is 54.6 Å². The van der Waals surface area contributed by atoms with Crippen molar-refractivity contribution in [3.8, 4) is 16.9 Å². The van der Waals surface area contributed by atoms with Gasteiger partial charge in [0.25, 0.3) is 5.91 Å². The van der Waals surface area contributed by atoms with Gasteiger partial charge in [0.05, 0.1) is 12.1 Å².